The number of ether oxygens (including phenoxy) is 1. The van der Waals surface area contributed by atoms with E-state index in [9.17, 15) is 18.0 Å². The zero-order valence-electron chi connectivity index (χ0n) is 13.5. The molecule has 0 unspecified atom stereocenters. The van der Waals surface area contributed by atoms with Crippen molar-refractivity contribution in [3.63, 3.8) is 0 Å². The van der Waals surface area contributed by atoms with E-state index >= 15 is 0 Å². The molecular formula is C19H10Cl2F3NO2. The Morgan fingerprint density at radius 1 is 1.19 bits per heavy atom. The second-order valence-electron chi connectivity index (χ2n) is 5.58. The van der Waals surface area contributed by atoms with Crippen LogP contribution in [-0.4, -0.2) is 12.5 Å². The summed E-state index contributed by atoms with van der Waals surface area (Å²) >= 11 is 12.3. The number of hydrogen-bond acceptors (Lipinski definition) is 2. The Bertz CT molecular complexity index is 984. The fourth-order valence-electron chi connectivity index (χ4n) is 2.60. The van der Waals surface area contributed by atoms with Gasteiger partial charge >= 0.3 is 6.18 Å². The molecule has 0 saturated carbocycles. The second kappa shape index (κ2) is 7.18. The predicted molar refractivity (Wildman–Crippen MR) is 98.7 cm³/mol. The van der Waals surface area contributed by atoms with Crippen LogP contribution in [0.2, 0.25) is 10.0 Å². The number of fused-ring (bicyclic) bond motifs is 1. The van der Waals surface area contributed by atoms with Gasteiger partial charge in [-0.2, -0.15) is 13.2 Å². The Hall–Kier alpha value is -2.62. The van der Waals surface area contributed by atoms with E-state index in [4.69, 9.17) is 34.4 Å². The van der Waals surface area contributed by atoms with Crippen LogP contribution in [0.1, 0.15) is 16.7 Å². The number of halogens is 5. The largest absolute Gasteiger partial charge is 0.478 e. The summed E-state index contributed by atoms with van der Waals surface area (Å²) in [6.45, 7) is -0.0167. The molecule has 3 nitrogen and oxygen atoms in total. The SMILES string of the molecule is C#CCOc1c(Cl)cc(/C=C2\C(=O)Nc3cc(C(F)(F)F)ccc32)cc1Cl. The molecule has 0 fully saturated rings. The summed E-state index contributed by atoms with van der Waals surface area (Å²) in [5.41, 5.74) is 0.281. The number of terminal acetylenes is 1. The maximum Gasteiger partial charge on any atom is 0.416 e. The Kier molecular flexibility index (Phi) is 5.09. The Morgan fingerprint density at radius 2 is 1.85 bits per heavy atom. The van der Waals surface area contributed by atoms with Crippen molar-refractivity contribution >= 4 is 46.4 Å². The topological polar surface area (TPSA) is 38.3 Å². The van der Waals surface area contributed by atoms with Crippen LogP contribution in [0, 0.1) is 12.3 Å². The average Bonchev–Trinajstić information content (AvgIpc) is 2.88. The molecule has 2 aromatic carbocycles. The number of nitrogens with one attached hydrogen (secondary N) is 1. The van der Waals surface area contributed by atoms with Crippen LogP contribution in [-0.2, 0) is 11.0 Å². The molecule has 0 radical (unpaired) electrons. The molecule has 1 aliphatic rings. The number of carbonyl (C=O) groups excluding carboxylic acids is 1. The third-order valence-electron chi connectivity index (χ3n) is 3.76. The molecular weight excluding hydrogens is 402 g/mol. The highest BCUT2D eigenvalue weighted by molar-refractivity contribution is 6.38. The van der Waals surface area contributed by atoms with Gasteiger partial charge in [-0.05, 0) is 35.9 Å². The number of benzene rings is 2. The van der Waals surface area contributed by atoms with E-state index < -0.39 is 17.6 Å². The van der Waals surface area contributed by atoms with Crippen molar-refractivity contribution in [3.05, 3.63) is 57.1 Å². The van der Waals surface area contributed by atoms with Crippen molar-refractivity contribution in [3.8, 4) is 18.1 Å². The summed E-state index contributed by atoms with van der Waals surface area (Å²) in [7, 11) is 0. The van der Waals surface area contributed by atoms with Gasteiger partial charge in [-0.1, -0.05) is 35.2 Å². The fraction of sp³-hybridized carbons (Fsp3) is 0.105. The lowest BCUT2D eigenvalue weighted by molar-refractivity contribution is -0.137. The van der Waals surface area contributed by atoms with Crippen LogP contribution < -0.4 is 10.1 Å². The van der Waals surface area contributed by atoms with E-state index in [1.165, 1.54) is 24.3 Å². The van der Waals surface area contributed by atoms with E-state index in [2.05, 4.69) is 11.2 Å². The molecule has 3 rings (SSSR count). The molecule has 138 valence electrons. The summed E-state index contributed by atoms with van der Waals surface area (Å²) in [5.74, 6) is 1.98. The molecule has 1 amide bonds. The zero-order chi connectivity index (χ0) is 19.8. The minimum atomic E-state index is -4.50. The summed E-state index contributed by atoms with van der Waals surface area (Å²) in [4.78, 5) is 12.2. The smallest absolute Gasteiger partial charge is 0.416 e. The van der Waals surface area contributed by atoms with Gasteiger partial charge in [-0.3, -0.25) is 4.79 Å². The second-order valence-corrected chi connectivity index (χ2v) is 6.39. The molecule has 0 bridgehead atoms. The molecule has 0 aliphatic carbocycles. The minimum absolute atomic E-state index is 0.0167. The van der Waals surface area contributed by atoms with Gasteiger partial charge in [0, 0.05) is 16.8 Å². The van der Waals surface area contributed by atoms with Crippen LogP contribution in [0.3, 0.4) is 0 Å². The van der Waals surface area contributed by atoms with Crippen molar-refractivity contribution in [2.75, 3.05) is 11.9 Å². The van der Waals surface area contributed by atoms with E-state index in [1.807, 2.05) is 0 Å². The fourth-order valence-corrected chi connectivity index (χ4v) is 3.21. The predicted octanol–water partition coefficient (Wildman–Crippen LogP) is 5.52. The summed E-state index contributed by atoms with van der Waals surface area (Å²) in [6, 6.07) is 6.09. The summed E-state index contributed by atoms with van der Waals surface area (Å²) in [5, 5.41) is 2.81. The third-order valence-corrected chi connectivity index (χ3v) is 4.32. The Balaban J connectivity index is 2.00. The normalized spacial score (nSPS) is 14.7. The number of alkyl halides is 3. The van der Waals surface area contributed by atoms with Crippen molar-refractivity contribution < 1.29 is 22.7 Å². The van der Waals surface area contributed by atoms with Crippen LogP contribution in [0.4, 0.5) is 18.9 Å². The van der Waals surface area contributed by atoms with E-state index in [0.29, 0.717) is 11.1 Å². The lowest BCUT2D eigenvalue weighted by atomic mass is 10.0. The Labute approximate surface area is 162 Å². The molecule has 0 saturated heterocycles. The van der Waals surface area contributed by atoms with Gasteiger partial charge in [0.1, 0.15) is 6.61 Å². The van der Waals surface area contributed by atoms with Crippen molar-refractivity contribution in [1.29, 1.82) is 0 Å². The van der Waals surface area contributed by atoms with Crippen LogP contribution in [0.15, 0.2) is 30.3 Å². The monoisotopic (exact) mass is 411 g/mol. The first kappa shape index (κ1) is 19.2. The van der Waals surface area contributed by atoms with Crippen molar-refractivity contribution in [2.45, 2.75) is 6.18 Å². The number of anilines is 1. The number of rotatable bonds is 3. The van der Waals surface area contributed by atoms with E-state index in [-0.39, 0.29) is 33.7 Å². The number of amides is 1. The maximum atomic E-state index is 12.8. The van der Waals surface area contributed by atoms with Crippen LogP contribution >= 0.6 is 23.2 Å². The molecule has 0 atom stereocenters. The number of hydrogen-bond donors (Lipinski definition) is 1. The standard InChI is InChI=1S/C19H10Cl2F3NO2/c1-2-5-27-17-14(20)7-10(8-15(17)21)6-13-12-4-3-11(19(22,23)24)9-16(12)25-18(13)26/h1,3-4,6-9H,5H2,(H,25,26)/b13-6-. The lowest BCUT2D eigenvalue weighted by Gasteiger charge is -2.09. The van der Waals surface area contributed by atoms with Gasteiger partial charge < -0.3 is 10.1 Å². The van der Waals surface area contributed by atoms with Gasteiger partial charge in [0.25, 0.3) is 5.91 Å². The van der Waals surface area contributed by atoms with Gasteiger partial charge in [-0.25, -0.2) is 0 Å². The Morgan fingerprint density at radius 3 is 2.44 bits per heavy atom. The highest BCUT2D eigenvalue weighted by atomic mass is 35.5. The number of carbonyl (C=O) groups is 1. The average molecular weight is 412 g/mol. The first-order valence-electron chi connectivity index (χ1n) is 7.50. The quantitative estimate of drug-likeness (QED) is 0.533. The van der Waals surface area contributed by atoms with Crippen LogP contribution in [0.25, 0.3) is 11.6 Å². The lowest BCUT2D eigenvalue weighted by Crippen LogP contribution is -2.06. The maximum absolute atomic E-state index is 12.8. The van der Waals surface area contributed by atoms with E-state index in [1.54, 1.807) is 0 Å². The molecule has 27 heavy (non-hydrogen) atoms. The highest BCUT2D eigenvalue weighted by Crippen LogP contribution is 2.40. The molecule has 1 N–H and O–H groups in total. The molecule has 0 aromatic heterocycles. The van der Waals surface area contributed by atoms with Gasteiger partial charge in [0.05, 0.1) is 15.6 Å². The van der Waals surface area contributed by atoms with Gasteiger partial charge in [0.2, 0.25) is 0 Å². The highest BCUT2D eigenvalue weighted by Gasteiger charge is 2.33. The zero-order valence-corrected chi connectivity index (χ0v) is 15.0. The molecule has 8 heteroatoms. The van der Waals surface area contributed by atoms with Gasteiger partial charge in [-0.15, -0.1) is 6.42 Å². The third kappa shape index (κ3) is 3.90. The van der Waals surface area contributed by atoms with Crippen LogP contribution in [0.5, 0.6) is 5.75 Å². The molecule has 1 aliphatic heterocycles. The van der Waals surface area contributed by atoms with E-state index in [0.717, 1.165) is 12.1 Å². The minimum Gasteiger partial charge on any atom is -0.478 e. The van der Waals surface area contributed by atoms with Crippen molar-refractivity contribution in [1.82, 2.24) is 0 Å². The molecule has 0 spiro atoms. The molecule has 2 aromatic rings. The first-order valence-corrected chi connectivity index (χ1v) is 8.26. The summed E-state index contributed by atoms with van der Waals surface area (Å²) < 4.78 is 43.8. The summed E-state index contributed by atoms with van der Waals surface area (Å²) in [6.07, 6.45) is 2.11. The van der Waals surface area contributed by atoms with Crippen molar-refractivity contribution in [2.24, 2.45) is 0 Å². The first-order chi connectivity index (χ1) is 12.7. The van der Waals surface area contributed by atoms with Gasteiger partial charge in [0.15, 0.2) is 5.75 Å². The molecule has 1 heterocycles.